The van der Waals surface area contributed by atoms with Crippen molar-refractivity contribution in [1.29, 1.82) is 0 Å². The zero-order chi connectivity index (χ0) is 16.5. The van der Waals surface area contributed by atoms with Crippen LogP contribution in [0.15, 0.2) is 29.2 Å². The lowest BCUT2D eigenvalue weighted by atomic mass is 10.2. The number of benzene rings is 1. The molecule has 1 amide bonds. The smallest absolute Gasteiger partial charge is 0.408 e. The molecule has 22 heavy (non-hydrogen) atoms. The summed E-state index contributed by atoms with van der Waals surface area (Å²) in [5.41, 5.74) is 0.878. The second-order valence-electron chi connectivity index (χ2n) is 5.01. The summed E-state index contributed by atoms with van der Waals surface area (Å²) in [5, 5.41) is 17.9. The van der Waals surface area contributed by atoms with Crippen LogP contribution in [0.1, 0.15) is 12.0 Å². The first-order valence-electron chi connectivity index (χ1n) is 6.43. The van der Waals surface area contributed by atoms with Crippen LogP contribution in [0.3, 0.4) is 0 Å². The Balaban J connectivity index is 2.15. The van der Waals surface area contributed by atoms with Crippen LogP contribution >= 0.6 is 0 Å². The van der Waals surface area contributed by atoms with Gasteiger partial charge in [0.2, 0.25) is 0 Å². The van der Waals surface area contributed by atoms with Crippen LogP contribution in [-0.2, 0) is 19.1 Å². The molecule has 8 nitrogen and oxygen atoms in total. The van der Waals surface area contributed by atoms with Gasteiger partial charge >= 0.3 is 12.1 Å². The van der Waals surface area contributed by atoms with Crippen LogP contribution in [0.2, 0.25) is 0 Å². The Labute approximate surface area is 127 Å². The maximum atomic E-state index is 12.1. The first-order chi connectivity index (χ1) is 10.2. The number of carboxylic acids is 1. The Kier molecular flexibility index (Phi) is 4.38. The van der Waals surface area contributed by atoms with E-state index >= 15 is 0 Å². The van der Waals surface area contributed by atoms with Crippen LogP contribution < -0.4 is 0 Å². The van der Waals surface area contributed by atoms with E-state index in [0.717, 1.165) is 5.56 Å². The van der Waals surface area contributed by atoms with Gasteiger partial charge in [0.1, 0.15) is 6.04 Å². The quantitative estimate of drug-likeness (QED) is 0.787. The summed E-state index contributed by atoms with van der Waals surface area (Å²) in [4.78, 5) is 22.6. The summed E-state index contributed by atoms with van der Waals surface area (Å²) in [6.07, 6.45) is -2.66. The first kappa shape index (κ1) is 16.2. The number of amides is 1. The zero-order valence-corrected chi connectivity index (χ0v) is 12.5. The number of aryl methyl sites for hydroxylation is 1. The predicted molar refractivity (Wildman–Crippen MR) is 74.0 cm³/mol. The number of nitrogens with zero attached hydrogens (tertiary/aromatic N) is 1. The summed E-state index contributed by atoms with van der Waals surface area (Å²) in [7, 11) is -4.07. The van der Waals surface area contributed by atoms with Gasteiger partial charge in [-0.2, -0.15) is 8.42 Å². The molecule has 0 bridgehead atoms. The molecule has 1 aromatic rings. The summed E-state index contributed by atoms with van der Waals surface area (Å²) in [6, 6.07) is 4.66. The molecule has 120 valence electrons. The fraction of sp³-hybridized carbons (Fsp3) is 0.385. The minimum atomic E-state index is -4.07. The van der Waals surface area contributed by atoms with Crippen molar-refractivity contribution in [3.63, 3.8) is 0 Å². The van der Waals surface area contributed by atoms with Gasteiger partial charge in [-0.1, -0.05) is 17.7 Å². The van der Waals surface area contributed by atoms with Crippen molar-refractivity contribution in [2.45, 2.75) is 30.4 Å². The number of hydrogen-bond donors (Lipinski definition) is 2. The monoisotopic (exact) mass is 329 g/mol. The van der Waals surface area contributed by atoms with Crippen LogP contribution in [0, 0.1) is 6.92 Å². The number of aliphatic carboxylic acids is 1. The van der Waals surface area contributed by atoms with Gasteiger partial charge in [0, 0.05) is 6.42 Å². The fourth-order valence-electron chi connectivity index (χ4n) is 2.25. The Morgan fingerprint density at radius 3 is 2.27 bits per heavy atom. The van der Waals surface area contributed by atoms with Gasteiger partial charge in [0.25, 0.3) is 10.1 Å². The maximum absolute atomic E-state index is 12.1. The first-order valence-corrected chi connectivity index (χ1v) is 7.84. The topological polar surface area (TPSA) is 121 Å². The molecule has 2 N–H and O–H groups in total. The van der Waals surface area contributed by atoms with E-state index < -0.39 is 34.3 Å². The molecule has 0 aromatic heterocycles. The van der Waals surface area contributed by atoms with Gasteiger partial charge in [0.15, 0.2) is 0 Å². The second-order valence-corrected chi connectivity index (χ2v) is 6.58. The molecule has 1 aromatic carbocycles. The zero-order valence-electron chi connectivity index (χ0n) is 11.7. The molecule has 1 heterocycles. The van der Waals surface area contributed by atoms with Gasteiger partial charge in [-0.25, -0.2) is 9.59 Å². The predicted octanol–water partition coefficient (Wildman–Crippen LogP) is 0.906. The van der Waals surface area contributed by atoms with Gasteiger partial charge in [-0.05, 0) is 19.1 Å². The lowest BCUT2D eigenvalue weighted by Crippen LogP contribution is -2.39. The van der Waals surface area contributed by atoms with Crippen LogP contribution in [0.25, 0.3) is 0 Å². The van der Waals surface area contributed by atoms with E-state index in [0.29, 0.717) is 4.90 Å². The Morgan fingerprint density at radius 2 is 1.82 bits per heavy atom. The lowest BCUT2D eigenvalue weighted by Gasteiger charge is -2.16. The maximum Gasteiger partial charge on any atom is 0.408 e. The third-order valence-corrected chi connectivity index (χ3v) is 4.74. The van der Waals surface area contributed by atoms with E-state index in [4.69, 9.17) is 14.4 Å². The van der Waals surface area contributed by atoms with Crippen molar-refractivity contribution in [2.24, 2.45) is 0 Å². The number of rotatable bonds is 4. The average molecular weight is 329 g/mol. The van der Waals surface area contributed by atoms with Crippen LogP contribution in [0.4, 0.5) is 4.79 Å². The van der Waals surface area contributed by atoms with Crippen molar-refractivity contribution >= 4 is 22.2 Å². The Hall–Kier alpha value is -2.13. The molecule has 1 fully saturated rings. The molecule has 9 heteroatoms. The third kappa shape index (κ3) is 3.37. The third-order valence-electron chi connectivity index (χ3n) is 3.37. The molecule has 1 aliphatic heterocycles. The summed E-state index contributed by atoms with van der Waals surface area (Å²) < 4.78 is 29.2. The highest BCUT2D eigenvalue weighted by atomic mass is 32.2. The molecule has 0 radical (unpaired) electrons. The van der Waals surface area contributed by atoms with Crippen molar-refractivity contribution in [3.05, 3.63) is 29.8 Å². The van der Waals surface area contributed by atoms with Gasteiger partial charge in [-0.3, -0.25) is 9.08 Å². The van der Waals surface area contributed by atoms with Crippen LogP contribution in [0.5, 0.6) is 0 Å². The standard InChI is InChI=1S/C13H15NO7S/c1-8-2-4-10(5-3-8)22(19,20)21-9-6-11(12(15)16)14(7-9)13(17)18/h2-5,9,11H,6-7H2,1H3,(H,15,16)(H,17,18)/t9-,11-/m0/s1. The Morgan fingerprint density at radius 1 is 1.23 bits per heavy atom. The number of likely N-dealkylation sites (tertiary alicyclic amines) is 1. The highest BCUT2D eigenvalue weighted by Crippen LogP contribution is 2.24. The van der Waals surface area contributed by atoms with E-state index in [2.05, 4.69) is 0 Å². The number of carboxylic acid groups (broad SMARTS) is 2. The van der Waals surface area contributed by atoms with E-state index in [-0.39, 0.29) is 17.9 Å². The van der Waals surface area contributed by atoms with E-state index in [1.54, 1.807) is 19.1 Å². The molecular formula is C13H15NO7S. The van der Waals surface area contributed by atoms with Gasteiger partial charge in [-0.15, -0.1) is 0 Å². The second kappa shape index (κ2) is 5.93. The summed E-state index contributed by atoms with van der Waals surface area (Å²) >= 11 is 0. The SMILES string of the molecule is Cc1ccc(S(=O)(=O)O[C@H]2C[C@@H](C(=O)O)N(C(=O)O)C2)cc1. The molecule has 1 saturated heterocycles. The molecule has 2 atom stereocenters. The van der Waals surface area contributed by atoms with E-state index in [1.807, 2.05) is 0 Å². The summed E-state index contributed by atoms with van der Waals surface area (Å²) in [6.45, 7) is 1.49. The fourth-order valence-corrected chi connectivity index (χ4v) is 3.33. The van der Waals surface area contributed by atoms with Crippen molar-refractivity contribution in [1.82, 2.24) is 4.90 Å². The normalized spacial score (nSPS) is 21.8. The minimum absolute atomic E-state index is 0.0567. The summed E-state index contributed by atoms with van der Waals surface area (Å²) in [5.74, 6) is -1.33. The Bertz CT molecular complexity index is 661. The van der Waals surface area contributed by atoms with Crippen molar-refractivity contribution in [3.8, 4) is 0 Å². The lowest BCUT2D eigenvalue weighted by molar-refractivity contribution is -0.141. The van der Waals surface area contributed by atoms with Gasteiger partial charge < -0.3 is 10.2 Å². The minimum Gasteiger partial charge on any atom is -0.480 e. The van der Waals surface area contributed by atoms with E-state index in [9.17, 15) is 18.0 Å². The molecular weight excluding hydrogens is 314 g/mol. The number of carbonyl (C=O) groups is 2. The molecule has 0 unspecified atom stereocenters. The highest BCUT2D eigenvalue weighted by molar-refractivity contribution is 7.86. The molecule has 0 saturated carbocycles. The molecule has 0 spiro atoms. The van der Waals surface area contributed by atoms with E-state index in [1.165, 1.54) is 12.1 Å². The highest BCUT2D eigenvalue weighted by Gasteiger charge is 2.42. The van der Waals surface area contributed by atoms with Crippen molar-refractivity contribution < 1.29 is 32.4 Å². The molecule has 0 aliphatic carbocycles. The number of hydrogen-bond acceptors (Lipinski definition) is 5. The van der Waals surface area contributed by atoms with Gasteiger partial charge in [0.05, 0.1) is 17.5 Å². The van der Waals surface area contributed by atoms with Crippen LogP contribution in [-0.4, -0.2) is 54.3 Å². The molecule has 2 rings (SSSR count). The largest absolute Gasteiger partial charge is 0.480 e. The average Bonchev–Trinajstić information content (AvgIpc) is 2.82. The molecule has 1 aliphatic rings. The van der Waals surface area contributed by atoms with Crippen molar-refractivity contribution in [2.75, 3.05) is 6.54 Å².